The predicted molar refractivity (Wildman–Crippen MR) is 110 cm³/mol. The maximum absolute atomic E-state index is 14.3. The second-order valence-electron chi connectivity index (χ2n) is 8.45. The molecule has 3 aromatic rings. The van der Waals surface area contributed by atoms with E-state index in [0.29, 0.717) is 16.7 Å². The molecule has 0 saturated heterocycles. The normalized spacial score (nSPS) is 22.7. The third-order valence-corrected chi connectivity index (χ3v) is 5.96. The number of ether oxygens (including phenoxy) is 1. The van der Waals surface area contributed by atoms with Gasteiger partial charge in [0.05, 0.1) is 24.7 Å². The Morgan fingerprint density at radius 2 is 1.90 bits per heavy atom. The molecule has 0 spiro atoms. The highest BCUT2D eigenvalue weighted by molar-refractivity contribution is 5.92. The van der Waals surface area contributed by atoms with E-state index in [1.165, 1.54) is 13.3 Å². The first-order chi connectivity index (χ1) is 14.5. The van der Waals surface area contributed by atoms with Gasteiger partial charge in [0.25, 0.3) is 5.56 Å². The zero-order valence-electron chi connectivity index (χ0n) is 17.2. The van der Waals surface area contributed by atoms with E-state index >= 15 is 0 Å². The van der Waals surface area contributed by atoms with Crippen LogP contribution in [0.1, 0.15) is 37.4 Å². The Labute approximate surface area is 176 Å². The molecule has 2 aromatic carbocycles. The molecule has 2 atom stereocenters. The van der Waals surface area contributed by atoms with Gasteiger partial charge in [-0.05, 0) is 35.6 Å². The highest BCUT2D eigenvalue weighted by Crippen LogP contribution is 2.56. The van der Waals surface area contributed by atoms with Crippen molar-refractivity contribution >= 4 is 16.5 Å². The average molecular weight is 433 g/mol. The summed E-state index contributed by atoms with van der Waals surface area (Å²) in [5, 5.41) is 20.7. The van der Waals surface area contributed by atoms with Crippen LogP contribution >= 0.6 is 0 Å². The minimum Gasteiger partial charge on any atom is -0.496 e. The lowest BCUT2D eigenvalue weighted by molar-refractivity contribution is -0.275. The summed E-state index contributed by atoms with van der Waals surface area (Å²) in [6.45, 7) is 3.31. The minimum atomic E-state index is -4.91. The van der Waals surface area contributed by atoms with Crippen molar-refractivity contribution in [3.05, 3.63) is 64.1 Å². The Bertz CT molecular complexity index is 1210. The van der Waals surface area contributed by atoms with Crippen LogP contribution in [0, 0.1) is 0 Å². The fourth-order valence-corrected chi connectivity index (χ4v) is 4.66. The number of methoxy groups -OCH3 is 1. The standard InChI is InChI=1S/C22H22F3N3O3/c1-20(2)11-21(30,22(23,24)25)18(13-7-5-9-16(31-3)17(13)20)27-15-8-4-6-12-14(15)10-26-28-19(12)29/h4-10,18,27,30H,11H2,1-3H3,(H,28,29). The number of alkyl halides is 3. The lowest BCUT2D eigenvalue weighted by atomic mass is 9.63. The van der Waals surface area contributed by atoms with E-state index in [2.05, 4.69) is 15.5 Å². The summed E-state index contributed by atoms with van der Waals surface area (Å²) in [4.78, 5) is 12.1. The van der Waals surface area contributed by atoms with E-state index in [0.717, 1.165) is 0 Å². The van der Waals surface area contributed by atoms with Crippen molar-refractivity contribution < 1.29 is 23.0 Å². The number of hydrogen-bond donors (Lipinski definition) is 3. The number of H-pyrrole nitrogens is 1. The summed E-state index contributed by atoms with van der Waals surface area (Å²) in [6.07, 6.45) is -4.12. The van der Waals surface area contributed by atoms with Crippen LogP contribution in [0.5, 0.6) is 5.75 Å². The third-order valence-electron chi connectivity index (χ3n) is 5.96. The molecule has 9 heteroatoms. The van der Waals surface area contributed by atoms with E-state index in [-0.39, 0.29) is 16.6 Å². The molecular weight excluding hydrogens is 411 g/mol. The first kappa shape index (κ1) is 21.2. The number of aromatic nitrogens is 2. The molecule has 164 valence electrons. The summed E-state index contributed by atoms with van der Waals surface area (Å²) >= 11 is 0. The number of benzene rings is 2. The molecule has 0 aliphatic heterocycles. The Kier molecular flexibility index (Phi) is 4.77. The number of nitrogens with one attached hydrogen (secondary N) is 2. The van der Waals surface area contributed by atoms with E-state index in [1.54, 1.807) is 50.2 Å². The van der Waals surface area contributed by atoms with Crippen molar-refractivity contribution in [2.45, 2.75) is 43.5 Å². The van der Waals surface area contributed by atoms with E-state index in [1.807, 2.05) is 0 Å². The molecule has 1 aromatic heterocycles. The van der Waals surface area contributed by atoms with Gasteiger partial charge in [0.2, 0.25) is 0 Å². The van der Waals surface area contributed by atoms with Gasteiger partial charge >= 0.3 is 6.18 Å². The highest BCUT2D eigenvalue weighted by atomic mass is 19.4. The molecule has 0 bridgehead atoms. The number of anilines is 1. The van der Waals surface area contributed by atoms with Crippen molar-refractivity contribution in [2.75, 3.05) is 12.4 Å². The molecule has 1 heterocycles. The number of hydrogen-bond acceptors (Lipinski definition) is 5. The van der Waals surface area contributed by atoms with Crippen LogP contribution in [-0.2, 0) is 5.41 Å². The molecule has 31 heavy (non-hydrogen) atoms. The molecule has 2 unspecified atom stereocenters. The predicted octanol–water partition coefficient (Wildman–Crippen LogP) is 4.06. The Morgan fingerprint density at radius 1 is 1.19 bits per heavy atom. The Balaban J connectivity index is 1.97. The van der Waals surface area contributed by atoms with E-state index in [4.69, 9.17) is 4.74 Å². The third kappa shape index (κ3) is 3.23. The summed E-state index contributed by atoms with van der Waals surface area (Å²) in [5.41, 5.74) is -3.39. The maximum atomic E-state index is 14.3. The van der Waals surface area contributed by atoms with Crippen LogP contribution in [0.4, 0.5) is 18.9 Å². The van der Waals surface area contributed by atoms with Gasteiger partial charge in [-0.15, -0.1) is 0 Å². The van der Waals surface area contributed by atoms with Crippen LogP contribution < -0.4 is 15.6 Å². The molecule has 1 aliphatic carbocycles. The van der Waals surface area contributed by atoms with Crippen molar-refractivity contribution in [3.8, 4) is 5.75 Å². The zero-order chi connectivity index (χ0) is 22.6. The first-order valence-corrected chi connectivity index (χ1v) is 9.69. The van der Waals surface area contributed by atoms with Crippen molar-refractivity contribution in [3.63, 3.8) is 0 Å². The molecular formula is C22H22F3N3O3. The number of halogens is 3. The zero-order valence-corrected chi connectivity index (χ0v) is 17.2. The fourth-order valence-electron chi connectivity index (χ4n) is 4.66. The molecule has 6 nitrogen and oxygen atoms in total. The monoisotopic (exact) mass is 433 g/mol. The molecule has 3 N–H and O–H groups in total. The van der Waals surface area contributed by atoms with Crippen molar-refractivity contribution in [2.24, 2.45) is 0 Å². The largest absolute Gasteiger partial charge is 0.496 e. The number of nitrogens with zero attached hydrogens (tertiary/aromatic N) is 1. The Morgan fingerprint density at radius 3 is 2.58 bits per heavy atom. The number of rotatable bonds is 3. The molecule has 4 rings (SSSR count). The van der Waals surface area contributed by atoms with Crippen LogP contribution in [-0.4, -0.2) is 34.2 Å². The number of aliphatic hydroxyl groups is 1. The van der Waals surface area contributed by atoms with Gasteiger partial charge in [0.15, 0.2) is 5.60 Å². The van der Waals surface area contributed by atoms with E-state index in [9.17, 15) is 23.1 Å². The average Bonchev–Trinajstić information content (AvgIpc) is 2.70. The van der Waals surface area contributed by atoms with Crippen molar-refractivity contribution in [1.29, 1.82) is 0 Å². The lowest BCUT2D eigenvalue weighted by Crippen LogP contribution is -2.58. The number of fused-ring (bicyclic) bond motifs is 2. The van der Waals surface area contributed by atoms with Crippen LogP contribution in [0.25, 0.3) is 10.8 Å². The molecule has 0 fully saturated rings. The summed E-state index contributed by atoms with van der Waals surface area (Å²) < 4.78 is 48.3. The van der Waals surface area contributed by atoms with Gasteiger partial charge in [-0.2, -0.15) is 18.3 Å². The summed E-state index contributed by atoms with van der Waals surface area (Å²) in [5.74, 6) is 0.453. The quantitative estimate of drug-likeness (QED) is 0.580. The lowest BCUT2D eigenvalue weighted by Gasteiger charge is -2.49. The highest BCUT2D eigenvalue weighted by Gasteiger charge is 2.64. The van der Waals surface area contributed by atoms with E-state index < -0.39 is 35.2 Å². The topological polar surface area (TPSA) is 87.2 Å². The van der Waals surface area contributed by atoms with Crippen molar-refractivity contribution in [1.82, 2.24) is 10.2 Å². The van der Waals surface area contributed by atoms with Gasteiger partial charge in [-0.25, -0.2) is 5.10 Å². The fraction of sp³-hybridized carbons (Fsp3) is 0.364. The molecule has 1 aliphatic rings. The molecule has 0 amide bonds. The van der Waals surface area contributed by atoms with Gasteiger partial charge in [0, 0.05) is 16.6 Å². The first-order valence-electron chi connectivity index (χ1n) is 9.69. The van der Waals surface area contributed by atoms with Crippen LogP contribution in [0.15, 0.2) is 47.4 Å². The summed E-state index contributed by atoms with van der Waals surface area (Å²) in [6, 6.07) is 7.99. The second kappa shape index (κ2) is 6.98. The van der Waals surface area contributed by atoms with Gasteiger partial charge in [0.1, 0.15) is 5.75 Å². The Hall–Kier alpha value is -3.07. The SMILES string of the molecule is COc1cccc2c1C(C)(C)CC(O)(C(F)(F)F)C2Nc1cccc2c(=O)[nH]ncc12. The summed E-state index contributed by atoms with van der Waals surface area (Å²) in [7, 11) is 1.46. The van der Waals surface area contributed by atoms with Crippen LogP contribution in [0.3, 0.4) is 0 Å². The van der Waals surface area contributed by atoms with Crippen LogP contribution in [0.2, 0.25) is 0 Å². The molecule has 0 saturated carbocycles. The molecule has 0 radical (unpaired) electrons. The number of aromatic amines is 1. The van der Waals surface area contributed by atoms with Gasteiger partial charge in [-0.1, -0.05) is 32.0 Å². The second-order valence-corrected chi connectivity index (χ2v) is 8.45. The van der Waals surface area contributed by atoms with Gasteiger partial charge < -0.3 is 15.2 Å². The smallest absolute Gasteiger partial charge is 0.419 e. The maximum Gasteiger partial charge on any atom is 0.419 e. The van der Waals surface area contributed by atoms with Gasteiger partial charge in [-0.3, -0.25) is 4.79 Å². The minimum absolute atomic E-state index is 0.261.